The van der Waals surface area contributed by atoms with E-state index in [1.165, 1.54) is 6.92 Å². The number of aromatic amines is 1. The van der Waals surface area contributed by atoms with Gasteiger partial charge < -0.3 is 15.0 Å². The van der Waals surface area contributed by atoms with Crippen LogP contribution in [0, 0.1) is 0 Å². The number of aromatic nitrogens is 1. The third kappa shape index (κ3) is 2.99. The fourth-order valence-corrected chi connectivity index (χ4v) is 2.85. The molecule has 1 aromatic carbocycles. The fourth-order valence-electron chi connectivity index (χ4n) is 2.85. The first-order valence-corrected chi connectivity index (χ1v) is 7.67. The number of nitrogens with one attached hydrogen (secondary N) is 2. The van der Waals surface area contributed by atoms with E-state index in [4.69, 9.17) is 4.74 Å². The molecule has 1 heterocycles. The maximum absolute atomic E-state index is 12.3. The Bertz CT molecular complexity index is 744. The lowest BCUT2D eigenvalue weighted by atomic mass is 9.95. The van der Waals surface area contributed by atoms with Crippen LogP contribution in [0.3, 0.4) is 0 Å². The first kappa shape index (κ1) is 15.3. The highest BCUT2D eigenvalue weighted by molar-refractivity contribution is 5.99. The predicted octanol–water partition coefficient (Wildman–Crippen LogP) is 2.69. The molecule has 23 heavy (non-hydrogen) atoms. The Hall–Kier alpha value is -2.56. The number of Topliss-reactive ketones (excluding diaryl/α,β-unsaturated/α-hetero) is 1. The van der Waals surface area contributed by atoms with E-state index in [0.717, 1.165) is 24.2 Å². The minimum Gasteiger partial charge on any atom is -0.496 e. The van der Waals surface area contributed by atoms with E-state index in [-0.39, 0.29) is 17.1 Å². The van der Waals surface area contributed by atoms with Crippen molar-refractivity contribution in [2.24, 2.45) is 0 Å². The summed E-state index contributed by atoms with van der Waals surface area (Å²) in [6, 6.07) is 9.52. The summed E-state index contributed by atoms with van der Waals surface area (Å²) in [5.74, 6) is 0.602. The quantitative estimate of drug-likeness (QED) is 0.806. The number of hydrogen-bond acceptors (Lipinski definition) is 3. The van der Waals surface area contributed by atoms with Crippen LogP contribution in [0.1, 0.15) is 46.2 Å². The normalized spacial score (nSPS) is 15.0. The summed E-state index contributed by atoms with van der Waals surface area (Å²) in [4.78, 5) is 26.4. The van der Waals surface area contributed by atoms with E-state index >= 15 is 0 Å². The van der Waals surface area contributed by atoms with Gasteiger partial charge in [0.1, 0.15) is 11.4 Å². The molecular weight excluding hydrogens is 292 g/mol. The molecule has 0 saturated heterocycles. The summed E-state index contributed by atoms with van der Waals surface area (Å²) in [5.41, 5.74) is 2.02. The second-order valence-corrected chi connectivity index (χ2v) is 6.02. The Balaban J connectivity index is 1.70. The maximum Gasteiger partial charge on any atom is 0.267 e. The van der Waals surface area contributed by atoms with Gasteiger partial charge in [-0.05, 0) is 31.9 Å². The molecule has 0 bridgehead atoms. The molecule has 2 N–H and O–H groups in total. The van der Waals surface area contributed by atoms with Gasteiger partial charge in [0.25, 0.3) is 5.91 Å². The summed E-state index contributed by atoms with van der Waals surface area (Å²) < 4.78 is 5.44. The zero-order valence-corrected chi connectivity index (χ0v) is 13.3. The lowest BCUT2D eigenvalue weighted by Crippen LogP contribution is -2.32. The Morgan fingerprint density at radius 3 is 2.65 bits per heavy atom. The minimum absolute atomic E-state index is 0.0434. The molecule has 1 saturated carbocycles. The number of methoxy groups -OCH3 is 1. The second-order valence-electron chi connectivity index (χ2n) is 6.02. The Morgan fingerprint density at radius 2 is 2.04 bits per heavy atom. The average Bonchev–Trinajstić information content (AvgIpc) is 3.18. The van der Waals surface area contributed by atoms with Crippen molar-refractivity contribution in [1.82, 2.24) is 10.3 Å². The van der Waals surface area contributed by atoms with Gasteiger partial charge in [0.05, 0.1) is 7.11 Å². The Kier molecular flexibility index (Phi) is 3.94. The van der Waals surface area contributed by atoms with Gasteiger partial charge >= 0.3 is 0 Å². The Morgan fingerprint density at radius 1 is 1.30 bits per heavy atom. The molecule has 0 unspecified atom stereocenters. The highest BCUT2D eigenvalue weighted by Gasteiger charge is 2.46. The third-order valence-corrected chi connectivity index (χ3v) is 4.45. The molecular formula is C18H20N2O3. The van der Waals surface area contributed by atoms with Gasteiger partial charge in [-0.3, -0.25) is 9.59 Å². The van der Waals surface area contributed by atoms with Crippen LogP contribution in [0.4, 0.5) is 0 Å². The van der Waals surface area contributed by atoms with Gasteiger partial charge in [-0.15, -0.1) is 0 Å². The number of ketones is 1. The average molecular weight is 312 g/mol. The van der Waals surface area contributed by atoms with Crippen LogP contribution < -0.4 is 10.1 Å². The SMILES string of the molecule is COc1ccccc1C1(CNC(=O)c2cc(C(C)=O)c[nH]2)CC1. The van der Waals surface area contributed by atoms with Gasteiger partial charge in [0.15, 0.2) is 5.78 Å². The molecule has 1 amide bonds. The van der Waals surface area contributed by atoms with E-state index in [0.29, 0.717) is 17.8 Å². The predicted molar refractivity (Wildman–Crippen MR) is 87.0 cm³/mol. The van der Waals surface area contributed by atoms with Gasteiger partial charge in [0.2, 0.25) is 0 Å². The van der Waals surface area contributed by atoms with E-state index < -0.39 is 0 Å². The number of H-pyrrole nitrogens is 1. The molecule has 1 aliphatic rings. The number of amides is 1. The van der Waals surface area contributed by atoms with Crippen molar-refractivity contribution >= 4 is 11.7 Å². The minimum atomic E-state index is -0.196. The van der Waals surface area contributed by atoms with Crippen LogP contribution in [0.25, 0.3) is 0 Å². The van der Waals surface area contributed by atoms with Crippen molar-refractivity contribution in [2.45, 2.75) is 25.2 Å². The number of rotatable bonds is 6. The van der Waals surface area contributed by atoms with Crippen molar-refractivity contribution in [3.63, 3.8) is 0 Å². The monoisotopic (exact) mass is 312 g/mol. The molecule has 0 atom stereocenters. The first-order valence-electron chi connectivity index (χ1n) is 7.67. The zero-order chi connectivity index (χ0) is 16.4. The van der Waals surface area contributed by atoms with Crippen LogP contribution >= 0.6 is 0 Å². The topological polar surface area (TPSA) is 71.2 Å². The van der Waals surface area contributed by atoms with Crippen LogP contribution in [-0.4, -0.2) is 30.3 Å². The molecule has 0 radical (unpaired) electrons. The molecule has 2 aromatic rings. The number of benzene rings is 1. The highest BCUT2D eigenvalue weighted by atomic mass is 16.5. The standard InChI is InChI=1S/C18H20N2O3/c1-12(21)13-9-15(19-10-13)17(22)20-11-18(7-8-18)14-5-3-4-6-16(14)23-2/h3-6,9-10,19H,7-8,11H2,1-2H3,(H,20,22). The van der Waals surface area contributed by atoms with Gasteiger partial charge in [0, 0.05) is 29.3 Å². The smallest absolute Gasteiger partial charge is 0.267 e. The Labute approximate surface area is 135 Å². The zero-order valence-electron chi connectivity index (χ0n) is 13.3. The molecule has 120 valence electrons. The molecule has 0 aliphatic heterocycles. The number of para-hydroxylation sites is 1. The molecule has 5 heteroatoms. The van der Waals surface area contributed by atoms with Crippen molar-refractivity contribution in [1.29, 1.82) is 0 Å². The molecule has 1 fully saturated rings. The second kappa shape index (κ2) is 5.91. The van der Waals surface area contributed by atoms with Crippen LogP contribution in [0.15, 0.2) is 36.5 Å². The molecule has 5 nitrogen and oxygen atoms in total. The van der Waals surface area contributed by atoms with Crippen molar-refractivity contribution < 1.29 is 14.3 Å². The van der Waals surface area contributed by atoms with Gasteiger partial charge in [-0.2, -0.15) is 0 Å². The lowest BCUT2D eigenvalue weighted by Gasteiger charge is -2.19. The van der Waals surface area contributed by atoms with Crippen molar-refractivity contribution in [3.8, 4) is 5.75 Å². The molecule has 0 spiro atoms. The summed E-state index contributed by atoms with van der Waals surface area (Å²) in [6.45, 7) is 2.03. The number of carbonyl (C=O) groups excluding carboxylic acids is 2. The van der Waals surface area contributed by atoms with E-state index in [2.05, 4.69) is 16.4 Å². The summed E-state index contributed by atoms with van der Waals surface area (Å²) in [7, 11) is 1.66. The van der Waals surface area contributed by atoms with E-state index in [9.17, 15) is 9.59 Å². The lowest BCUT2D eigenvalue weighted by molar-refractivity contribution is 0.0945. The summed E-state index contributed by atoms with van der Waals surface area (Å²) >= 11 is 0. The molecule has 1 aromatic heterocycles. The highest BCUT2D eigenvalue weighted by Crippen LogP contribution is 2.50. The third-order valence-electron chi connectivity index (χ3n) is 4.45. The number of carbonyl (C=O) groups is 2. The van der Waals surface area contributed by atoms with E-state index in [1.54, 1.807) is 19.4 Å². The van der Waals surface area contributed by atoms with Gasteiger partial charge in [-0.25, -0.2) is 0 Å². The van der Waals surface area contributed by atoms with Crippen LogP contribution in [0.5, 0.6) is 5.75 Å². The largest absolute Gasteiger partial charge is 0.496 e. The van der Waals surface area contributed by atoms with Crippen LogP contribution in [0.2, 0.25) is 0 Å². The summed E-state index contributed by atoms with van der Waals surface area (Å²) in [5, 5.41) is 2.97. The number of ether oxygens (including phenoxy) is 1. The summed E-state index contributed by atoms with van der Waals surface area (Å²) in [6.07, 6.45) is 3.61. The molecule has 1 aliphatic carbocycles. The fraction of sp³-hybridized carbons (Fsp3) is 0.333. The van der Waals surface area contributed by atoms with Crippen molar-refractivity contribution in [2.75, 3.05) is 13.7 Å². The number of hydrogen-bond donors (Lipinski definition) is 2. The molecule has 3 rings (SSSR count). The first-order chi connectivity index (χ1) is 11.1. The van der Waals surface area contributed by atoms with Crippen molar-refractivity contribution in [3.05, 3.63) is 53.3 Å². The van der Waals surface area contributed by atoms with E-state index in [1.807, 2.05) is 18.2 Å². The van der Waals surface area contributed by atoms with Crippen LogP contribution in [-0.2, 0) is 5.41 Å². The maximum atomic E-state index is 12.3. The van der Waals surface area contributed by atoms with Gasteiger partial charge in [-0.1, -0.05) is 18.2 Å².